The summed E-state index contributed by atoms with van der Waals surface area (Å²) in [7, 11) is 0. The Hall–Kier alpha value is -1.35. The van der Waals surface area contributed by atoms with Crippen LogP contribution in [0.1, 0.15) is 45.0 Å². The summed E-state index contributed by atoms with van der Waals surface area (Å²) in [6, 6.07) is 6.17. The van der Waals surface area contributed by atoms with E-state index in [0.29, 0.717) is 23.3 Å². The van der Waals surface area contributed by atoms with Crippen molar-refractivity contribution in [2.75, 3.05) is 0 Å². The molecule has 1 saturated carbocycles. The summed E-state index contributed by atoms with van der Waals surface area (Å²) in [6.07, 6.45) is 0. The van der Waals surface area contributed by atoms with Crippen molar-refractivity contribution in [3.8, 4) is 0 Å². The number of aromatic nitrogens is 2. The van der Waals surface area contributed by atoms with E-state index in [2.05, 4.69) is 44.8 Å². The average Bonchev–Trinajstić information content (AvgIpc) is 2.65. The number of imidazole rings is 1. The van der Waals surface area contributed by atoms with Crippen LogP contribution < -0.4 is 5.73 Å². The monoisotopic (exact) mass is 243 g/mol. The third kappa shape index (κ3) is 1.31. The molecule has 1 fully saturated rings. The van der Waals surface area contributed by atoms with Gasteiger partial charge < -0.3 is 10.7 Å². The van der Waals surface area contributed by atoms with Crippen LogP contribution in [0.15, 0.2) is 18.2 Å². The minimum absolute atomic E-state index is 0.309. The third-order valence-corrected chi connectivity index (χ3v) is 5.13. The first kappa shape index (κ1) is 11.7. The Labute approximate surface area is 108 Å². The van der Waals surface area contributed by atoms with Gasteiger partial charge in [-0.3, -0.25) is 0 Å². The number of rotatable bonds is 2. The van der Waals surface area contributed by atoms with Crippen LogP contribution in [-0.2, 0) is 6.54 Å². The second kappa shape index (κ2) is 3.35. The van der Waals surface area contributed by atoms with Crippen molar-refractivity contribution in [3.05, 3.63) is 29.6 Å². The van der Waals surface area contributed by atoms with Gasteiger partial charge in [-0.15, -0.1) is 0 Å². The number of nitrogens with one attached hydrogen (secondary N) is 1. The van der Waals surface area contributed by atoms with Gasteiger partial charge in [-0.05, 0) is 22.5 Å². The minimum Gasteiger partial charge on any atom is -0.342 e. The molecule has 3 rings (SSSR count). The van der Waals surface area contributed by atoms with Gasteiger partial charge in [0.25, 0.3) is 0 Å². The fraction of sp³-hybridized carbons (Fsp3) is 0.533. The summed E-state index contributed by atoms with van der Waals surface area (Å²) in [6.45, 7) is 9.80. The predicted molar refractivity (Wildman–Crippen MR) is 74.3 cm³/mol. The fourth-order valence-electron chi connectivity index (χ4n) is 3.29. The number of nitrogens with two attached hydrogens (primary N) is 1. The van der Waals surface area contributed by atoms with Crippen LogP contribution in [0, 0.1) is 10.8 Å². The van der Waals surface area contributed by atoms with E-state index in [4.69, 9.17) is 10.7 Å². The molecule has 0 radical (unpaired) electrons. The quantitative estimate of drug-likeness (QED) is 0.851. The Kier molecular flexibility index (Phi) is 2.18. The van der Waals surface area contributed by atoms with Crippen molar-refractivity contribution in [2.45, 2.75) is 40.2 Å². The van der Waals surface area contributed by atoms with Crippen molar-refractivity contribution >= 4 is 11.0 Å². The van der Waals surface area contributed by atoms with Crippen LogP contribution in [-0.4, -0.2) is 9.97 Å². The molecule has 1 aliphatic rings. The van der Waals surface area contributed by atoms with Crippen molar-refractivity contribution in [3.63, 3.8) is 0 Å². The molecule has 0 atom stereocenters. The lowest BCUT2D eigenvalue weighted by Crippen LogP contribution is -1.96. The Morgan fingerprint density at radius 1 is 1.22 bits per heavy atom. The zero-order chi connectivity index (χ0) is 13.1. The lowest BCUT2D eigenvalue weighted by molar-refractivity contribution is 0.457. The molecule has 96 valence electrons. The van der Waals surface area contributed by atoms with E-state index in [0.717, 1.165) is 22.4 Å². The highest BCUT2D eigenvalue weighted by Crippen LogP contribution is 2.73. The molecule has 1 aliphatic carbocycles. The molecule has 3 heteroatoms. The molecule has 0 amide bonds. The maximum Gasteiger partial charge on any atom is 0.111 e. The first-order chi connectivity index (χ1) is 8.39. The van der Waals surface area contributed by atoms with Crippen LogP contribution in [0.3, 0.4) is 0 Å². The van der Waals surface area contributed by atoms with Gasteiger partial charge in [0.2, 0.25) is 0 Å². The van der Waals surface area contributed by atoms with E-state index in [1.165, 1.54) is 0 Å². The maximum absolute atomic E-state index is 5.77. The number of hydrogen-bond donors (Lipinski definition) is 2. The summed E-state index contributed by atoms with van der Waals surface area (Å²) in [5.74, 6) is 1.61. The van der Waals surface area contributed by atoms with Gasteiger partial charge >= 0.3 is 0 Å². The molecule has 1 aromatic heterocycles. The predicted octanol–water partition coefficient (Wildman–Crippen LogP) is 3.17. The van der Waals surface area contributed by atoms with Gasteiger partial charge in [0.15, 0.2) is 0 Å². The summed E-state index contributed by atoms with van der Waals surface area (Å²) in [5, 5.41) is 0. The summed E-state index contributed by atoms with van der Waals surface area (Å²) >= 11 is 0. The molecule has 18 heavy (non-hydrogen) atoms. The summed E-state index contributed by atoms with van der Waals surface area (Å²) < 4.78 is 0. The maximum atomic E-state index is 5.77. The van der Waals surface area contributed by atoms with Crippen LogP contribution >= 0.6 is 0 Å². The number of para-hydroxylation sites is 1. The Bertz CT molecular complexity index is 593. The van der Waals surface area contributed by atoms with Gasteiger partial charge in [-0.1, -0.05) is 39.8 Å². The number of H-pyrrole nitrogens is 1. The standard InChI is InChI=1S/C15H21N3/c1-14(2)12(15(14,3)4)13-17-10-7-5-6-9(8-16)11(10)18-13/h5-7,12H,8,16H2,1-4H3,(H,17,18). The number of hydrogen-bond acceptors (Lipinski definition) is 2. The van der Waals surface area contributed by atoms with Crippen LogP contribution in [0.5, 0.6) is 0 Å². The van der Waals surface area contributed by atoms with Gasteiger partial charge in [0.05, 0.1) is 11.0 Å². The lowest BCUT2D eigenvalue weighted by atomic mass is 10.0. The number of aromatic amines is 1. The second-order valence-corrected chi connectivity index (χ2v) is 6.52. The molecule has 0 bridgehead atoms. The Balaban J connectivity index is 2.11. The van der Waals surface area contributed by atoms with Gasteiger partial charge in [-0.2, -0.15) is 0 Å². The van der Waals surface area contributed by atoms with Gasteiger partial charge in [0.1, 0.15) is 5.82 Å². The molecule has 0 spiro atoms. The van der Waals surface area contributed by atoms with Crippen LogP contribution in [0.4, 0.5) is 0 Å². The van der Waals surface area contributed by atoms with Crippen molar-refractivity contribution in [1.82, 2.24) is 9.97 Å². The van der Waals surface area contributed by atoms with Crippen molar-refractivity contribution in [2.24, 2.45) is 16.6 Å². The third-order valence-electron chi connectivity index (χ3n) is 5.13. The molecule has 1 heterocycles. The molecule has 3 nitrogen and oxygen atoms in total. The first-order valence-electron chi connectivity index (χ1n) is 6.57. The topological polar surface area (TPSA) is 54.7 Å². The second-order valence-electron chi connectivity index (χ2n) is 6.52. The van der Waals surface area contributed by atoms with Crippen LogP contribution in [0.25, 0.3) is 11.0 Å². The normalized spacial score (nSPS) is 21.4. The van der Waals surface area contributed by atoms with E-state index in [1.807, 2.05) is 6.07 Å². The van der Waals surface area contributed by atoms with E-state index >= 15 is 0 Å². The fourth-order valence-corrected chi connectivity index (χ4v) is 3.29. The summed E-state index contributed by atoms with van der Waals surface area (Å²) in [4.78, 5) is 8.28. The highest BCUT2D eigenvalue weighted by Gasteiger charge is 2.66. The Morgan fingerprint density at radius 3 is 2.44 bits per heavy atom. The molecule has 3 N–H and O–H groups in total. The lowest BCUT2D eigenvalue weighted by Gasteiger charge is -2.03. The van der Waals surface area contributed by atoms with Crippen molar-refractivity contribution < 1.29 is 0 Å². The van der Waals surface area contributed by atoms with Gasteiger partial charge in [-0.25, -0.2) is 4.98 Å². The minimum atomic E-state index is 0.309. The van der Waals surface area contributed by atoms with Gasteiger partial charge in [0, 0.05) is 12.5 Å². The highest BCUT2D eigenvalue weighted by molar-refractivity contribution is 5.79. The van der Waals surface area contributed by atoms with E-state index in [-0.39, 0.29) is 0 Å². The molecular weight excluding hydrogens is 222 g/mol. The number of nitrogens with zero attached hydrogens (tertiary/aromatic N) is 1. The summed E-state index contributed by atoms with van der Waals surface area (Å²) in [5.41, 5.74) is 9.64. The molecule has 0 aliphatic heterocycles. The van der Waals surface area contributed by atoms with Crippen LogP contribution in [0.2, 0.25) is 0 Å². The number of fused-ring (bicyclic) bond motifs is 1. The van der Waals surface area contributed by atoms with E-state index in [9.17, 15) is 0 Å². The van der Waals surface area contributed by atoms with E-state index in [1.54, 1.807) is 0 Å². The van der Waals surface area contributed by atoms with Crippen molar-refractivity contribution in [1.29, 1.82) is 0 Å². The number of benzene rings is 1. The zero-order valence-electron chi connectivity index (χ0n) is 11.5. The molecule has 0 unspecified atom stereocenters. The largest absolute Gasteiger partial charge is 0.342 e. The Morgan fingerprint density at radius 2 is 1.89 bits per heavy atom. The molecule has 2 aromatic rings. The molecule has 1 aromatic carbocycles. The van der Waals surface area contributed by atoms with E-state index < -0.39 is 0 Å². The SMILES string of the molecule is CC1(C)C(c2nc3c(CN)cccc3[nH]2)C1(C)C. The molecular formula is C15H21N3. The first-order valence-corrected chi connectivity index (χ1v) is 6.57. The highest BCUT2D eigenvalue weighted by atomic mass is 15.0. The average molecular weight is 243 g/mol. The smallest absolute Gasteiger partial charge is 0.111 e. The zero-order valence-corrected chi connectivity index (χ0v) is 11.5. The molecule has 0 saturated heterocycles.